The number of hydrogen-bond donors (Lipinski definition) is 2. The highest BCUT2D eigenvalue weighted by Gasteiger charge is 2.28. The van der Waals surface area contributed by atoms with E-state index in [2.05, 4.69) is 15.5 Å². The van der Waals surface area contributed by atoms with Gasteiger partial charge in [0.05, 0.1) is 24.2 Å². The molecule has 27 heavy (non-hydrogen) atoms. The number of hydrogen-bond acceptors (Lipinski definition) is 5. The van der Waals surface area contributed by atoms with Crippen molar-refractivity contribution < 1.29 is 14.3 Å². The average molecular weight is 383 g/mol. The van der Waals surface area contributed by atoms with Gasteiger partial charge in [-0.15, -0.1) is 11.8 Å². The number of rotatable bonds is 4. The van der Waals surface area contributed by atoms with Gasteiger partial charge in [-0.25, -0.2) is 0 Å². The van der Waals surface area contributed by atoms with E-state index < -0.39 is 5.25 Å². The van der Waals surface area contributed by atoms with E-state index in [1.54, 1.807) is 0 Å². The molecule has 7 heteroatoms. The van der Waals surface area contributed by atoms with Gasteiger partial charge >= 0.3 is 0 Å². The fraction of sp³-hybridized carbons (Fsp3) is 0.300. The van der Waals surface area contributed by atoms with E-state index in [9.17, 15) is 9.59 Å². The number of carbonyl (C=O) groups is 2. The van der Waals surface area contributed by atoms with Crippen LogP contribution in [-0.2, 0) is 14.3 Å². The number of ether oxygens (including phenoxy) is 1. The number of carbonyl (C=O) groups excluding carboxylic acids is 2. The van der Waals surface area contributed by atoms with E-state index in [1.165, 1.54) is 11.8 Å². The summed E-state index contributed by atoms with van der Waals surface area (Å²) in [5.74, 6) is -0.294. The zero-order valence-electron chi connectivity index (χ0n) is 14.8. The van der Waals surface area contributed by atoms with Crippen LogP contribution < -0.4 is 15.5 Å². The Morgan fingerprint density at radius 3 is 2.67 bits per heavy atom. The molecule has 0 unspecified atom stereocenters. The molecule has 2 aromatic carbocycles. The number of nitrogens with zero attached hydrogens (tertiary/aromatic N) is 1. The third-order valence-corrected chi connectivity index (χ3v) is 5.88. The molecule has 2 heterocycles. The predicted octanol–water partition coefficient (Wildman–Crippen LogP) is 2.96. The van der Waals surface area contributed by atoms with Gasteiger partial charge in [-0.3, -0.25) is 9.59 Å². The summed E-state index contributed by atoms with van der Waals surface area (Å²) in [6, 6.07) is 15.4. The molecule has 0 aromatic heterocycles. The zero-order valence-corrected chi connectivity index (χ0v) is 15.6. The van der Waals surface area contributed by atoms with E-state index >= 15 is 0 Å². The molecule has 0 spiro atoms. The van der Waals surface area contributed by atoms with Crippen molar-refractivity contribution in [3.05, 3.63) is 48.5 Å². The van der Waals surface area contributed by atoms with E-state index in [0.717, 1.165) is 48.3 Å². The number of nitrogens with one attached hydrogen (secondary N) is 2. The van der Waals surface area contributed by atoms with Gasteiger partial charge in [0.2, 0.25) is 11.8 Å². The Bertz CT molecular complexity index is 835. The van der Waals surface area contributed by atoms with Gasteiger partial charge < -0.3 is 20.3 Å². The Labute approximate surface area is 162 Å². The van der Waals surface area contributed by atoms with Gasteiger partial charge in [-0.05, 0) is 36.4 Å². The smallest absolute Gasteiger partial charge is 0.238 e. The molecule has 0 radical (unpaired) electrons. The third-order valence-electron chi connectivity index (χ3n) is 4.60. The van der Waals surface area contributed by atoms with E-state index in [4.69, 9.17) is 4.74 Å². The summed E-state index contributed by atoms with van der Waals surface area (Å²) in [5.41, 5.74) is 2.66. The van der Waals surface area contributed by atoms with Gasteiger partial charge in [-0.2, -0.15) is 0 Å². The lowest BCUT2D eigenvalue weighted by molar-refractivity contribution is -0.120. The molecule has 0 aliphatic carbocycles. The van der Waals surface area contributed by atoms with Crippen LogP contribution in [-0.4, -0.2) is 43.4 Å². The van der Waals surface area contributed by atoms with Crippen LogP contribution in [0.4, 0.5) is 17.1 Å². The summed E-state index contributed by atoms with van der Waals surface area (Å²) in [5, 5.41) is 5.33. The Morgan fingerprint density at radius 1 is 1.15 bits per heavy atom. The summed E-state index contributed by atoms with van der Waals surface area (Å²) in [7, 11) is 0. The average Bonchev–Trinajstić information content (AvgIpc) is 2.70. The van der Waals surface area contributed by atoms with Crippen LogP contribution in [0.3, 0.4) is 0 Å². The maximum Gasteiger partial charge on any atom is 0.238 e. The van der Waals surface area contributed by atoms with Crippen LogP contribution in [0, 0.1) is 0 Å². The van der Waals surface area contributed by atoms with Crippen molar-refractivity contribution in [2.24, 2.45) is 0 Å². The summed E-state index contributed by atoms with van der Waals surface area (Å²) in [4.78, 5) is 27.9. The van der Waals surface area contributed by atoms with Crippen LogP contribution in [0.5, 0.6) is 0 Å². The molecule has 0 saturated carbocycles. The van der Waals surface area contributed by atoms with E-state index in [1.807, 2.05) is 48.5 Å². The van der Waals surface area contributed by atoms with E-state index in [0.29, 0.717) is 0 Å². The highest BCUT2D eigenvalue weighted by atomic mass is 32.2. The number of morpholine rings is 1. The minimum atomic E-state index is -0.424. The Morgan fingerprint density at radius 2 is 1.89 bits per heavy atom. The van der Waals surface area contributed by atoms with Crippen LogP contribution in [0.2, 0.25) is 0 Å². The summed E-state index contributed by atoms with van der Waals surface area (Å²) in [6.07, 6.45) is 0.135. The van der Waals surface area contributed by atoms with Crippen molar-refractivity contribution in [2.45, 2.75) is 16.6 Å². The van der Waals surface area contributed by atoms with Gasteiger partial charge in [0.1, 0.15) is 0 Å². The molecule has 2 aliphatic rings. The minimum absolute atomic E-state index is 0.128. The molecule has 140 valence electrons. The molecule has 2 aromatic rings. The van der Waals surface area contributed by atoms with Crippen molar-refractivity contribution in [3.63, 3.8) is 0 Å². The lowest BCUT2D eigenvalue weighted by Crippen LogP contribution is -2.36. The molecule has 1 atom stereocenters. The van der Waals surface area contributed by atoms with Crippen LogP contribution in [0.25, 0.3) is 0 Å². The quantitative estimate of drug-likeness (QED) is 0.849. The number of benzene rings is 2. The van der Waals surface area contributed by atoms with Crippen molar-refractivity contribution in [2.75, 3.05) is 41.8 Å². The predicted molar refractivity (Wildman–Crippen MR) is 107 cm³/mol. The maximum atomic E-state index is 12.4. The molecule has 2 amide bonds. The molecular formula is C20H21N3O3S. The van der Waals surface area contributed by atoms with Gasteiger partial charge in [0.15, 0.2) is 0 Å². The number of thioether (sulfide) groups is 1. The topological polar surface area (TPSA) is 70.7 Å². The second-order valence-corrected chi connectivity index (χ2v) is 7.74. The fourth-order valence-electron chi connectivity index (χ4n) is 3.18. The summed E-state index contributed by atoms with van der Waals surface area (Å²) in [6.45, 7) is 3.23. The second kappa shape index (κ2) is 8.02. The fourth-order valence-corrected chi connectivity index (χ4v) is 4.29. The van der Waals surface area contributed by atoms with E-state index in [-0.39, 0.29) is 18.2 Å². The first-order valence-corrected chi connectivity index (χ1v) is 9.86. The normalized spacial score (nSPS) is 19.2. The molecule has 1 saturated heterocycles. The SMILES string of the molecule is O=C(C[C@H]1Sc2ccccc2NC1=O)Nc1ccc(N2CCOCC2)cc1. The first-order valence-electron chi connectivity index (χ1n) is 8.98. The lowest BCUT2D eigenvalue weighted by Gasteiger charge is -2.29. The molecule has 2 N–H and O–H groups in total. The Kier molecular flexibility index (Phi) is 5.31. The van der Waals surface area contributed by atoms with Crippen molar-refractivity contribution >= 4 is 40.6 Å². The van der Waals surface area contributed by atoms with Gasteiger partial charge in [0.25, 0.3) is 0 Å². The summed E-state index contributed by atoms with van der Waals surface area (Å²) >= 11 is 1.43. The first kappa shape index (κ1) is 17.9. The molecule has 4 rings (SSSR count). The molecule has 0 bridgehead atoms. The highest BCUT2D eigenvalue weighted by Crippen LogP contribution is 2.36. The number of anilines is 3. The standard InChI is InChI=1S/C20H21N3O3S/c24-19(13-18-20(25)22-16-3-1-2-4-17(16)27-18)21-14-5-7-15(8-6-14)23-9-11-26-12-10-23/h1-8,18H,9-13H2,(H,21,24)(H,22,25)/t18-/m1/s1. The van der Waals surface area contributed by atoms with Crippen LogP contribution in [0.1, 0.15) is 6.42 Å². The third kappa shape index (κ3) is 4.26. The zero-order chi connectivity index (χ0) is 18.6. The van der Waals surface area contributed by atoms with Gasteiger partial charge in [-0.1, -0.05) is 12.1 Å². The minimum Gasteiger partial charge on any atom is -0.378 e. The number of amides is 2. The second-order valence-electron chi connectivity index (χ2n) is 6.49. The molecule has 6 nitrogen and oxygen atoms in total. The molecule has 2 aliphatic heterocycles. The van der Waals surface area contributed by atoms with Crippen molar-refractivity contribution in [1.82, 2.24) is 0 Å². The highest BCUT2D eigenvalue weighted by molar-refractivity contribution is 8.01. The largest absolute Gasteiger partial charge is 0.378 e. The number of para-hydroxylation sites is 1. The Hall–Kier alpha value is -2.51. The maximum absolute atomic E-state index is 12.4. The number of fused-ring (bicyclic) bond motifs is 1. The van der Waals surface area contributed by atoms with Crippen molar-refractivity contribution in [3.8, 4) is 0 Å². The van der Waals surface area contributed by atoms with Crippen molar-refractivity contribution in [1.29, 1.82) is 0 Å². The molecular weight excluding hydrogens is 362 g/mol. The lowest BCUT2D eigenvalue weighted by atomic mass is 10.2. The molecule has 1 fully saturated rings. The van der Waals surface area contributed by atoms with Crippen LogP contribution in [0.15, 0.2) is 53.4 Å². The van der Waals surface area contributed by atoms with Crippen LogP contribution >= 0.6 is 11.8 Å². The first-order chi connectivity index (χ1) is 13.2. The van der Waals surface area contributed by atoms with Gasteiger partial charge in [0, 0.05) is 35.8 Å². The Balaban J connectivity index is 1.35. The summed E-state index contributed by atoms with van der Waals surface area (Å²) < 4.78 is 5.37. The monoisotopic (exact) mass is 383 g/mol.